The van der Waals surface area contributed by atoms with E-state index in [0.717, 1.165) is 44.5 Å². The van der Waals surface area contributed by atoms with E-state index in [2.05, 4.69) is 58.4 Å². The fraction of sp³-hybridized carbons (Fsp3) is 0.480. The number of nitrogens with zero attached hydrogens (tertiary/aromatic N) is 2. The van der Waals surface area contributed by atoms with Crippen molar-refractivity contribution >= 4 is 18.4 Å². The van der Waals surface area contributed by atoms with Crippen molar-refractivity contribution in [3.63, 3.8) is 0 Å². The first-order valence-corrected chi connectivity index (χ1v) is 11.1. The van der Waals surface area contributed by atoms with Crippen LogP contribution in [-0.4, -0.2) is 41.5 Å². The molecular formula is C25H32ClN3O. The minimum Gasteiger partial charge on any atom is -0.331 e. The predicted molar refractivity (Wildman–Crippen MR) is 123 cm³/mol. The molecule has 5 rings (SSSR count). The largest absolute Gasteiger partial charge is 0.331 e. The van der Waals surface area contributed by atoms with Crippen LogP contribution in [-0.2, 0) is 6.42 Å². The first kappa shape index (κ1) is 21.2. The van der Waals surface area contributed by atoms with Gasteiger partial charge in [-0.05, 0) is 55.2 Å². The molecule has 0 aromatic heterocycles. The third kappa shape index (κ3) is 3.95. The van der Waals surface area contributed by atoms with Crippen molar-refractivity contribution in [1.82, 2.24) is 15.1 Å². The van der Waals surface area contributed by atoms with E-state index in [1.807, 2.05) is 18.2 Å². The highest BCUT2D eigenvalue weighted by Gasteiger charge is 2.43. The molecule has 0 spiro atoms. The quantitative estimate of drug-likeness (QED) is 0.737. The van der Waals surface area contributed by atoms with E-state index < -0.39 is 0 Å². The van der Waals surface area contributed by atoms with E-state index in [1.54, 1.807) is 0 Å². The van der Waals surface area contributed by atoms with Crippen molar-refractivity contribution in [3.05, 3.63) is 71.3 Å². The van der Waals surface area contributed by atoms with Crippen LogP contribution in [0, 0.1) is 5.92 Å². The second kappa shape index (κ2) is 8.99. The molecular weight excluding hydrogens is 394 g/mol. The van der Waals surface area contributed by atoms with E-state index in [0.29, 0.717) is 18.0 Å². The van der Waals surface area contributed by atoms with Crippen LogP contribution in [0.1, 0.15) is 55.0 Å². The Bertz CT molecular complexity index is 874. The van der Waals surface area contributed by atoms with Crippen LogP contribution in [0.15, 0.2) is 54.6 Å². The zero-order chi connectivity index (χ0) is 19.8. The first-order valence-electron chi connectivity index (χ1n) is 11.1. The number of hydrogen-bond acceptors (Lipinski definition) is 2. The summed E-state index contributed by atoms with van der Waals surface area (Å²) in [5.41, 5.74) is 4.14. The van der Waals surface area contributed by atoms with Gasteiger partial charge >= 0.3 is 6.03 Å². The van der Waals surface area contributed by atoms with Gasteiger partial charge in [0.1, 0.15) is 0 Å². The molecule has 0 bridgehead atoms. The summed E-state index contributed by atoms with van der Waals surface area (Å²) < 4.78 is 0. The SMILES string of the molecule is C[C@@H](NC(=O)N1CCC[C@H]2CN3CCc4ccccc4[C@H]3C[C@H]21)c1ccccc1.Cl. The minimum atomic E-state index is 0. The van der Waals surface area contributed by atoms with Gasteiger partial charge in [0, 0.05) is 31.7 Å². The zero-order valence-corrected chi connectivity index (χ0v) is 18.5. The maximum atomic E-state index is 13.2. The van der Waals surface area contributed by atoms with Gasteiger partial charge in [-0.25, -0.2) is 4.79 Å². The summed E-state index contributed by atoms with van der Waals surface area (Å²) in [7, 11) is 0. The number of nitrogens with one attached hydrogen (secondary N) is 1. The van der Waals surface area contributed by atoms with Crippen LogP contribution >= 0.6 is 12.4 Å². The van der Waals surface area contributed by atoms with Crippen molar-refractivity contribution in [3.8, 4) is 0 Å². The van der Waals surface area contributed by atoms with Gasteiger partial charge < -0.3 is 10.2 Å². The monoisotopic (exact) mass is 425 g/mol. The summed E-state index contributed by atoms with van der Waals surface area (Å²) in [5, 5.41) is 3.26. The lowest BCUT2D eigenvalue weighted by Gasteiger charge is -2.52. The summed E-state index contributed by atoms with van der Waals surface area (Å²) in [6.07, 6.45) is 4.58. The van der Waals surface area contributed by atoms with E-state index in [9.17, 15) is 4.79 Å². The van der Waals surface area contributed by atoms with Crippen molar-refractivity contribution in [2.45, 2.75) is 50.7 Å². The summed E-state index contributed by atoms with van der Waals surface area (Å²) in [6.45, 7) is 5.24. The molecule has 2 saturated heterocycles. The number of fused-ring (bicyclic) bond motifs is 4. The van der Waals surface area contributed by atoms with Crippen molar-refractivity contribution in [2.75, 3.05) is 19.6 Å². The molecule has 0 aliphatic carbocycles. The van der Waals surface area contributed by atoms with Crippen LogP contribution in [0.2, 0.25) is 0 Å². The number of halogens is 1. The highest BCUT2D eigenvalue weighted by atomic mass is 35.5. The number of hydrogen-bond donors (Lipinski definition) is 1. The summed E-state index contributed by atoms with van der Waals surface area (Å²) in [4.78, 5) is 18.1. The van der Waals surface area contributed by atoms with Crippen LogP contribution < -0.4 is 5.32 Å². The van der Waals surface area contributed by atoms with E-state index >= 15 is 0 Å². The van der Waals surface area contributed by atoms with Crippen LogP contribution in [0.5, 0.6) is 0 Å². The highest BCUT2D eigenvalue weighted by molar-refractivity contribution is 5.85. The predicted octanol–water partition coefficient (Wildman–Crippen LogP) is 4.96. The fourth-order valence-corrected chi connectivity index (χ4v) is 5.74. The normalized spacial score (nSPS) is 26.4. The Morgan fingerprint density at radius 3 is 2.67 bits per heavy atom. The van der Waals surface area contributed by atoms with Crippen molar-refractivity contribution in [1.29, 1.82) is 0 Å². The van der Waals surface area contributed by atoms with Crippen molar-refractivity contribution in [2.24, 2.45) is 5.92 Å². The Balaban J connectivity index is 0.00000218. The lowest BCUT2D eigenvalue weighted by atomic mass is 9.77. The van der Waals surface area contributed by atoms with Gasteiger partial charge in [0.2, 0.25) is 0 Å². The fourth-order valence-electron chi connectivity index (χ4n) is 5.74. The number of carbonyl (C=O) groups is 1. The molecule has 0 saturated carbocycles. The molecule has 4 atom stereocenters. The molecule has 2 aromatic rings. The third-order valence-corrected chi connectivity index (χ3v) is 7.28. The second-order valence-electron chi connectivity index (χ2n) is 8.94. The van der Waals surface area contributed by atoms with Gasteiger partial charge in [-0.3, -0.25) is 4.90 Å². The Labute approximate surface area is 186 Å². The second-order valence-corrected chi connectivity index (χ2v) is 8.94. The lowest BCUT2D eigenvalue weighted by molar-refractivity contribution is 0.00533. The van der Waals surface area contributed by atoms with Crippen LogP contribution in [0.4, 0.5) is 4.79 Å². The Morgan fingerprint density at radius 1 is 1.07 bits per heavy atom. The highest BCUT2D eigenvalue weighted by Crippen LogP contribution is 2.42. The Kier molecular flexibility index (Phi) is 6.35. The molecule has 3 aliphatic heterocycles. The van der Waals surface area contributed by atoms with Gasteiger partial charge in [-0.1, -0.05) is 54.6 Å². The number of rotatable bonds is 2. The average Bonchev–Trinajstić information content (AvgIpc) is 2.77. The van der Waals surface area contributed by atoms with E-state index in [4.69, 9.17) is 0 Å². The van der Waals surface area contributed by atoms with Gasteiger partial charge in [-0.15, -0.1) is 12.4 Å². The molecule has 3 heterocycles. The van der Waals surface area contributed by atoms with E-state index in [1.165, 1.54) is 17.5 Å². The Hall–Kier alpha value is -2.04. The molecule has 2 amide bonds. The summed E-state index contributed by atoms with van der Waals surface area (Å²) in [5.74, 6) is 0.600. The van der Waals surface area contributed by atoms with Crippen LogP contribution in [0.3, 0.4) is 0 Å². The third-order valence-electron chi connectivity index (χ3n) is 7.28. The molecule has 30 heavy (non-hydrogen) atoms. The number of carbonyl (C=O) groups excluding carboxylic acids is 1. The average molecular weight is 426 g/mol. The van der Waals surface area contributed by atoms with Crippen LogP contribution in [0.25, 0.3) is 0 Å². The first-order chi connectivity index (χ1) is 14.2. The maximum absolute atomic E-state index is 13.2. The molecule has 0 radical (unpaired) electrons. The lowest BCUT2D eigenvalue weighted by Crippen LogP contribution is -2.59. The molecule has 2 aromatic carbocycles. The molecule has 0 unspecified atom stereocenters. The van der Waals surface area contributed by atoms with Crippen molar-refractivity contribution < 1.29 is 4.79 Å². The molecule has 2 fully saturated rings. The zero-order valence-electron chi connectivity index (χ0n) is 17.7. The maximum Gasteiger partial charge on any atom is 0.318 e. The van der Waals surface area contributed by atoms with Gasteiger partial charge in [0.25, 0.3) is 0 Å². The minimum absolute atomic E-state index is 0. The molecule has 160 valence electrons. The molecule has 4 nitrogen and oxygen atoms in total. The van der Waals surface area contributed by atoms with E-state index in [-0.39, 0.29) is 24.5 Å². The number of urea groups is 1. The smallest absolute Gasteiger partial charge is 0.318 e. The summed E-state index contributed by atoms with van der Waals surface area (Å²) >= 11 is 0. The standard InChI is InChI=1S/C25H31N3O.ClH/c1-18(19-8-3-2-4-9-19)26-25(29)28-14-7-11-21-17-27-15-13-20-10-5-6-12-22(20)24(27)16-23(21)28;/h2-6,8-10,12,18,21,23-24H,7,11,13-17H2,1H3,(H,26,29);1H/t18-,21+,23-,24-;/m1./s1. The molecule has 1 N–H and O–H groups in total. The molecule has 3 aliphatic rings. The Morgan fingerprint density at radius 2 is 1.83 bits per heavy atom. The van der Waals surface area contributed by atoms with Gasteiger partial charge in [-0.2, -0.15) is 0 Å². The topological polar surface area (TPSA) is 35.6 Å². The number of likely N-dealkylation sites (tertiary alicyclic amines) is 1. The number of piperidine rings is 2. The van der Waals surface area contributed by atoms with Gasteiger partial charge in [0.15, 0.2) is 0 Å². The summed E-state index contributed by atoms with van der Waals surface area (Å²) in [6, 6.07) is 20.1. The number of benzene rings is 2. The van der Waals surface area contributed by atoms with Gasteiger partial charge in [0.05, 0.1) is 6.04 Å². The number of amides is 2. The molecule has 5 heteroatoms.